The van der Waals surface area contributed by atoms with E-state index in [-0.39, 0.29) is 27.2 Å². The molecule has 9 heteroatoms. The maximum atomic E-state index is 12.5. The molecule has 27 heavy (non-hydrogen) atoms. The molecule has 1 atom stereocenters. The van der Waals surface area contributed by atoms with Crippen LogP contribution in [-0.4, -0.2) is 29.6 Å². The molecule has 0 fully saturated rings. The zero-order valence-electron chi connectivity index (χ0n) is 15.2. The monoisotopic (exact) mass is 438 g/mol. The van der Waals surface area contributed by atoms with Crippen molar-refractivity contribution in [1.29, 1.82) is 0 Å². The summed E-state index contributed by atoms with van der Waals surface area (Å²) in [7, 11) is 0. The Kier molecular flexibility index (Phi) is 9.36. The van der Waals surface area contributed by atoms with E-state index in [1.807, 2.05) is 0 Å². The van der Waals surface area contributed by atoms with E-state index < -0.39 is 23.7 Å². The topological polar surface area (TPSA) is 89.9 Å². The van der Waals surface area contributed by atoms with Crippen molar-refractivity contribution in [2.75, 3.05) is 6.61 Å². The van der Waals surface area contributed by atoms with Crippen molar-refractivity contribution < 1.29 is 29.0 Å². The molecule has 0 radical (unpaired) electrons. The fraction of sp³-hybridized carbons (Fsp3) is 0.500. The summed E-state index contributed by atoms with van der Waals surface area (Å²) in [5, 5.41) is 8.15. The molecule has 1 rings (SSSR count). The molecule has 0 bridgehead atoms. The summed E-state index contributed by atoms with van der Waals surface area (Å²) >= 11 is 17.9. The number of carboxylic acids is 1. The van der Waals surface area contributed by atoms with Crippen LogP contribution in [0.2, 0.25) is 15.1 Å². The molecule has 1 aromatic carbocycles. The molecule has 0 aliphatic carbocycles. The minimum atomic E-state index is -1.85. The molecule has 150 valence electrons. The predicted molar refractivity (Wildman–Crippen MR) is 103 cm³/mol. The van der Waals surface area contributed by atoms with Crippen LogP contribution in [0.5, 0.6) is 5.75 Å². The van der Waals surface area contributed by atoms with Crippen LogP contribution >= 0.6 is 34.8 Å². The highest BCUT2D eigenvalue weighted by molar-refractivity contribution is 6.46. The second kappa shape index (κ2) is 10.7. The molecule has 1 aromatic rings. The lowest BCUT2D eigenvalue weighted by atomic mass is 9.87. The summed E-state index contributed by atoms with van der Waals surface area (Å²) < 4.78 is 9.91. The third-order valence-corrected chi connectivity index (χ3v) is 5.43. The molecular weight excluding hydrogens is 419 g/mol. The van der Waals surface area contributed by atoms with Gasteiger partial charge in [0.05, 0.1) is 21.7 Å². The molecular formula is C18H21Cl3O6. The highest BCUT2D eigenvalue weighted by Gasteiger charge is 2.28. The second-order valence-corrected chi connectivity index (χ2v) is 7.22. The quantitative estimate of drug-likeness (QED) is 0.257. The Morgan fingerprint density at radius 3 is 2.22 bits per heavy atom. The number of rotatable bonds is 8. The molecule has 6 nitrogen and oxygen atoms in total. The number of hydrogen-bond acceptors (Lipinski definition) is 5. The standard InChI is InChI=1S/C18H21Cl3O6/c1-4-10(5-2)9(3)6-7-26-17(24)13-14(21)11(19)8-12(20)15(13)27-18(25)16(22)23/h8-10H,4-7H2,1-3H3,(H,22,23). The van der Waals surface area contributed by atoms with Gasteiger partial charge in [0.1, 0.15) is 5.56 Å². The van der Waals surface area contributed by atoms with Gasteiger partial charge in [-0.2, -0.15) is 0 Å². The lowest BCUT2D eigenvalue weighted by Gasteiger charge is -2.21. The molecule has 0 aliphatic rings. The minimum Gasteiger partial charge on any atom is -0.473 e. The Labute approximate surface area is 172 Å². The van der Waals surface area contributed by atoms with E-state index in [1.54, 1.807) is 0 Å². The molecule has 0 spiro atoms. The van der Waals surface area contributed by atoms with Crippen LogP contribution < -0.4 is 4.74 Å². The molecule has 1 unspecified atom stereocenters. The van der Waals surface area contributed by atoms with Gasteiger partial charge in [0.15, 0.2) is 5.75 Å². The number of benzene rings is 1. The van der Waals surface area contributed by atoms with Gasteiger partial charge in [0.2, 0.25) is 0 Å². The SMILES string of the molecule is CCC(CC)C(C)CCOC(=O)c1c(Cl)c(Cl)cc(Cl)c1OC(=O)C(=O)O. The molecule has 0 heterocycles. The number of carbonyl (C=O) groups is 3. The van der Waals surface area contributed by atoms with Gasteiger partial charge in [-0.15, -0.1) is 0 Å². The van der Waals surface area contributed by atoms with Crippen LogP contribution in [0.3, 0.4) is 0 Å². The number of aliphatic carboxylic acids is 1. The third-order valence-electron chi connectivity index (χ3n) is 4.36. The van der Waals surface area contributed by atoms with E-state index in [1.165, 1.54) is 0 Å². The van der Waals surface area contributed by atoms with Crippen LogP contribution in [0.25, 0.3) is 0 Å². The predicted octanol–water partition coefficient (Wildman–Crippen LogP) is 5.26. The maximum absolute atomic E-state index is 12.5. The Morgan fingerprint density at radius 2 is 1.70 bits per heavy atom. The number of carboxylic acid groups (broad SMARTS) is 1. The summed E-state index contributed by atoms with van der Waals surface area (Å²) in [5.74, 6) is -4.02. The number of ether oxygens (including phenoxy) is 2. The van der Waals surface area contributed by atoms with Gasteiger partial charge in [-0.25, -0.2) is 14.4 Å². The smallest absolute Gasteiger partial charge is 0.422 e. The zero-order chi connectivity index (χ0) is 20.7. The second-order valence-electron chi connectivity index (χ2n) is 6.03. The first-order valence-electron chi connectivity index (χ1n) is 8.43. The Bertz CT molecular complexity index is 716. The van der Waals surface area contributed by atoms with E-state index in [0.717, 1.165) is 18.9 Å². The summed E-state index contributed by atoms with van der Waals surface area (Å²) in [4.78, 5) is 34.6. The van der Waals surface area contributed by atoms with E-state index in [2.05, 4.69) is 25.5 Å². The molecule has 0 saturated carbocycles. The van der Waals surface area contributed by atoms with Crippen molar-refractivity contribution in [2.45, 2.75) is 40.0 Å². The summed E-state index contributed by atoms with van der Waals surface area (Å²) in [6.07, 6.45) is 2.68. The first-order valence-corrected chi connectivity index (χ1v) is 9.56. The summed E-state index contributed by atoms with van der Waals surface area (Å²) in [6, 6.07) is 1.14. The first-order chi connectivity index (χ1) is 12.6. The van der Waals surface area contributed by atoms with Crippen LogP contribution in [0, 0.1) is 11.8 Å². The Morgan fingerprint density at radius 1 is 1.11 bits per heavy atom. The fourth-order valence-electron chi connectivity index (χ4n) is 2.74. The van der Waals surface area contributed by atoms with Crippen molar-refractivity contribution in [3.63, 3.8) is 0 Å². The van der Waals surface area contributed by atoms with E-state index in [9.17, 15) is 14.4 Å². The number of hydrogen-bond donors (Lipinski definition) is 1. The zero-order valence-corrected chi connectivity index (χ0v) is 17.5. The van der Waals surface area contributed by atoms with Crippen molar-refractivity contribution in [3.8, 4) is 5.75 Å². The average Bonchev–Trinajstić information content (AvgIpc) is 2.60. The van der Waals surface area contributed by atoms with E-state index >= 15 is 0 Å². The average molecular weight is 440 g/mol. The highest BCUT2D eigenvalue weighted by Crippen LogP contribution is 2.40. The summed E-state index contributed by atoms with van der Waals surface area (Å²) in [6.45, 7) is 6.40. The van der Waals surface area contributed by atoms with Crippen LogP contribution in [0.15, 0.2) is 6.07 Å². The van der Waals surface area contributed by atoms with Gasteiger partial charge in [-0.3, -0.25) is 0 Å². The lowest BCUT2D eigenvalue weighted by molar-refractivity contribution is -0.158. The van der Waals surface area contributed by atoms with Gasteiger partial charge in [0, 0.05) is 0 Å². The molecule has 0 saturated heterocycles. The number of carbonyl (C=O) groups excluding carboxylic acids is 2. The molecule has 0 aliphatic heterocycles. The molecule has 0 aromatic heterocycles. The third kappa shape index (κ3) is 6.26. The van der Waals surface area contributed by atoms with Gasteiger partial charge in [-0.05, 0) is 24.3 Å². The fourth-order valence-corrected chi connectivity index (χ4v) is 3.46. The number of halogens is 3. The van der Waals surface area contributed by atoms with E-state index in [0.29, 0.717) is 18.3 Å². The van der Waals surface area contributed by atoms with Crippen molar-refractivity contribution in [2.24, 2.45) is 11.8 Å². The van der Waals surface area contributed by atoms with Crippen molar-refractivity contribution in [1.82, 2.24) is 0 Å². The van der Waals surface area contributed by atoms with Crippen LogP contribution in [0.4, 0.5) is 0 Å². The number of esters is 2. The van der Waals surface area contributed by atoms with Gasteiger partial charge < -0.3 is 14.6 Å². The molecule has 0 amide bonds. The van der Waals surface area contributed by atoms with Gasteiger partial charge >= 0.3 is 17.9 Å². The Hall–Kier alpha value is -1.50. The maximum Gasteiger partial charge on any atom is 0.422 e. The Balaban J connectivity index is 3.01. The van der Waals surface area contributed by atoms with Crippen molar-refractivity contribution in [3.05, 3.63) is 26.7 Å². The minimum absolute atomic E-state index is 0.0610. The van der Waals surface area contributed by atoms with Gasteiger partial charge in [-0.1, -0.05) is 68.4 Å². The van der Waals surface area contributed by atoms with Gasteiger partial charge in [0.25, 0.3) is 0 Å². The van der Waals surface area contributed by atoms with Crippen molar-refractivity contribution >= 4 is 52.7 Å². The summed E-state index contributed by atoms with van der Waals surface area (Å²) in [5.41, 5.74) is -0.390. The molecule has 1 N–H and O–H groups in total. The van der Waals surface area contributed by atoms with E-state index in [4.69, 9.17) is 44.6 Å². The lowest BCUT2D eigenvalue weighted by Crippen LogP contribution is -2.21. The van der Waals surface area contributed by atoms with Crippen LogP contribution in [-0.2, 0) is 14.3 Å². The highest BCUT2D eigenvalue weighted by atomic mass is 35.5. The van der Waals surface area contributed by atoms with Crippen LogP contribution in [0.1, 0.15) is 50.4 Å². The first kappa shape index (κ1) is 23.5. The normalized spacial score (nSPS) is 12.0. The largest absolute Gasteiger partial charge is 0.473 e.